The number of aliphatic carboxylic acids is 1. The molecular formula is C22H38N6O5S. The molecule has 7 N–H and O–H groups in total. The van der Waals surface area contributed by atoms with Crippen molar-refractivity contribution in [2.24, 2.45) is 17.6 Å². The van der Waals surface area contributed by atoms with Crippen molar-refractivity contribution in [2.45, 2.75) is 71.1 Å². The second kappa shape index (κ2) is 14.6. The summed E-state index contributed by atoms with van der Waals surface area (Å²) >= 11 is 1.47. The summed E-state index contributed by atoms with van der Waals surface area (Å²) in [6, 6.07) is -3.84. The highest BCUT2D eigenvalue weighted by molar-refractivity contribution is 7.98. The molecule has 11 nitrogen and oxygen atoms in total. The van der Waals surface area contributed by atoms with Gasteiger partial charge in [-0.15, -0.1) is 0 Å². The molecule has 1 aromatic rings. The van der Waals surface area contributed by atoms with Crippen molar-refractivity contribution in [3.05, 3.63) is 18.2 Å². The maximum Gasteiger partial charge on any atom is 0.326 e. The molecule has 0 aliphatic rings. The molecule has 4 unspecified atom stereocenters. The fourth-order valence-electron chi connectivity index (χ4n) is 3.26. The van der Waals surface area contributed by atoms with Crippen LogP contribution in [0.3, 0.4) is 0 Å². The number of nitrogens with one attached hydrogen (secondary N) is 4. The molecule has 0 bridgehead atoms. The summed E-state index contributed by atoms with van der Waals surface area (Å²) in [7, 11) is 0. The molecule has 1 heterocycles. The Labute approximate surface area is 204 Å². The van der Waals surface area contributed by atoms with E-state index in [9.17, 15) is 24.3 Å². The molecule has 3 amide bonds. The molecule has 12 heteroatoms. The minimum Gasteiger partial charge on any atom is -0.480 e. The Hall–Kier alpha value is -2.60. The van der Waals surface area contributed by atoms with Crippen LogP contribution in [-0.2, 0) is 25.6 Å². The minimum absolute atomic E-state index is 0.0675. The van der Waals surface area contributed by atoms with Crippen molar-refractivity contribution in [2.75, 3.05) is 12.0 Å². The Morgan fingerprint density at radius 1 is 1.06 bits per heavy atom. The lowest BCUT2D eigenvalue weighted by molar-refractivity contribution is -0.142. The largest absolute Gasteiger partial charge is 0.480 e. The lowest BCUT2D eigenvalue weighted by Gasteiger charge is -2.27. The third-order valence-electron chi connectivity index (χ3n) is 5.15. The van der Waals surface area contributed by atoms with Crippen LogP contribution in [0.15, 0.2) is 12.5 Å². The van der Waals surface area contributed by atoms with Crippen molar-refractivity contribution in [3.8, 4) is 0 Å². The molecule has 0 saturated carbocycles. The normalized spacial score (nSPS) is 14.8. The van der Waals surface area contributed by atoms with Gasteiger partial charge < -0.3 is 31.8 Å². The number of thioether (sulfide) groups is 1. The molecule has 0 radical (unpaired) electrons. The van der Waals surface area contributed by atoms with Gasteiger partial charge in [-0.25, -0.2) is 9.78 Å². The number of carboxylic acids is 1. The monoisotopic (exact) mass is 498 g/mol. The lowest BCUT2D eigenvalue weighted by atomic mass is 9.99. The Balaban J connectivity index is 3.00. The number of rotatable bonds is 15. The van der Waals surface area contributed by atoms with Crippen LogP contribution in [-0.4, -0.2) is 74.9 Å². The zero-order valence-electron chi connectivity index (χ0n) is 20.5. The minimum atomic E-state index is -1.15. The zero-order valence-corrected chi connectivity index (χ0v) is 21.3. The maximum absolute atomic E-state index is 13.1. The van der Waals surface area contributed by atoms with Crippen LogP contribution < -0.4 is 21.7 Å². The number of amides is 3. The van der Waals surface area contributed by atoms with Gasteiger partial charge in [-0.1, -0.05) is 27.7 Å². The Morgan fingerprint density at radius 3 is 2.21 bits per heavy atom. The third-order valence-corrected chi connectivity index (χ3v) is 5.79. The summed E-state index contributed by atoms with van der Waals surface area (Å²) in [4.78, 5) is 57.0. The molecule has 34 heavy (non-hydrogen) atoms. The van der Waals surface area contributed by atoms with Gasteiger partial charge in [0.05, 0.1) is 12.4 Å². The SMILES string of the molecule is CSCCC(NC(=O)C(Cc1cnc[nH]1)NC(=O)C(NC(=O)C(N)CC(C)C)C(C)C)C(=O)O. The predicted molar refractivity (Wildman–Crippen MR) is 131 cm³/mol. The van der Waals surface area contributed by atoms with E-state index in [1.807, 2.05) is 20.1 Å². The average molecular weight is 499 g/mol. The number of aromatic amines is 1. The van der Waals surface area contributed by atoms with Gasteiger partial charge in [-0.05, 0) is 36.7 Å². The van der Waals surface area contributed by atoms with Crippen molar-refractivity contribution in [1.82, 2.24) is 25.9 Å². The molecule has 0 spiro atoms. The molecule has 0 aromatic carbocycles. The number of carboxylic acid groups (broad SMARTS) is 1. The van der Waals surface area contributed by atoms with Crippen LogP contribution in [0.25, 0.3) is 0 Å². The predicted octanol–water partition coefficient (Wildman–Crippen LogP) is 0.274. The van der Waals surface area contributed by atoms with E-state index in [0.717, 1.165) is 0 Å². The van der Waals surface area contributed by atoms with Crippen molar-refractivity contribution >= 4 is 35.5 Å². The van der Waals surface area contributed by atoms with Gasteiger partial charge in [0.2, 0.25) is 17.7 Å². The summed E-state index contributed by atoms with van der Waals surface area (Å²) in [6.07, 6.45) is 5.58. The summed E-state index contributed by atoms with van der Waals surface area (Å²) in [5.41, 5.74) is 6.54. The van der Waals surface area contributed by atoms with Crippen molar-refractivity contribution in [3.63, 3.8) is 0 Å². The van der Waals surface area contributed by atoms with E-state index in [-0.39, 0.29) is 24.7 Å². The lowest BCUT2D eigenvalue weighted by Crippen LogP contribution is -2.59. The molecular weight excluding hydrogens is 460 g/mol. The number of carbonyl (C=O) groups is 4. The average Bonchev–Trinajstić information content (AvgIpc) is 3.26. The van der Waals surface area contributed by atoms with Gasteiger partial charge in [-0.2, -0.15) is 11.8 Å². The molecule has 4 atom stereocenters. The number of hydrogen-bond acceptors (Lipinski definition) is 7. The van der Waals surface area contributed by atoms with E-state index < -0.39 is 47.9 Å². The molecule has 0 aliphatic heterocycles. The summed E-state index contributed by atoms with van der Waals surface area (Å²) in [6.45, 7) is 7.43. The standard InChI is InChI=1S/C22H38N6O5S/c1-12(2)8-15(23)19(29)28-18(13(3)4)21(31)27-17(9-14-10-24-11-25-14)20(30)26-16(22(32)33)6-7-34-5/h10-13,15-18H,6-9,23H2,1-5H3,(H,24,25)(H,26,30)(H,27,31)(H,28,29)(H,32,33). The van der Waals surface area contributed by atoms with Crippen molar-refractivity contribution < 1.29 is 24.3 Å². The van der Waals surface area contributed by atoms with Crippen LogP contribution in [0.4, 0.5) is 0 Å². The number of aromatic nitrogens is 2. The Bertz CT molecular complexity index is 802. The van der Waals surface area contributed by atoms with Gasteiger partial charge in [0, 0.05) is 18.3 Å². The van der Waals surface area contributed by atoms with Crippen LogP contribution in [0.1, 0.15) is 46.2 Å². The van der Waals surface area contributed by atoms with Gasteiger partial charge in [0.15, 0.2) is 0 Å². The summed E-state index contributed by atoms with van der Waals surface area (Å²) in [5.74, 6) is -2.31. The van der Waals surface area contributed by atoms with E-state index in [1.165, 1.54) is 24.3 Å². The van der Waals surface area contributed by atoms with Gasteiger partial charge in [0.25, 0.3) is 0 Å². The van der Waals surface area contributed by atoms with Crippen LogP contribution in [0, 0.1) is 11.8 Å². The molecule has 0 saturated heterocycles. The Kier molecular flexibility index (Phi) is 12.7. The highest BCUT2D eigenvalue weighted by Crippen LogP contribution is 2.08. The molecule has 1 rings (SSSR count). The first-order valence-electron chi connectivity index (χ1n) is 11.3. The first kappa shape index (κ1) is 29.4. The fraction of sp³-hybridized carbons (Fsp3) is 0.682. The van der Waals surface area contributed by atoms with Gasteiger partial charge >= 0.3 is 5.97 Å². The highest BCUT2D eigenvalue weighted by atomic mass is 32.2. The maximum atomic E-state index is 13.1. The topological polar surface area (TPSA) is 179 Å². The number of hydrogen-bond donors (Lipinski definition) is 6. The summed E-state index contributed by atoms with van der Waals surface area (Å²) in [5, 5.41) is 17.3. The number of nitrogens with zero attached hydrogens (tertiary/aromatic N) is 1. The fourth-order valence-corrected chi connectivity index (χ4v) is 3.73. The van der Waals surface area contributed by atoms with E-state index in [0.29, 0.717) is 17.9 Å². The van der Waals surface area contributed by atoms with E-state index in [2.05, 4.69) is 25.9 Å². The van der Waals surface area contributed by atoms with Gasteiger partial charge in [0.1, 0.15) is 18.1 Å². The Morgan fingerprint density at radius 2 is 1.71 bits per heavy atom. The van der Waals surface area contributed by atoms with Crippen LogP contribution in [0.5, 0.6) is 0 Å². The van der Waals surface area contributed by atoms with Crippen LogP contribution in [0.2, 0.25) is 0 Å². The van der Waals surface area contributed by atoms with Crippen LogP contribution >= 0.6 is 11.8 Å². The first-order valence-corrected chi connectivity index (χ1v) is 12.7. The molecule has 1 aromatic heterocycles. The zero-order chi connectivity index (χ0) is 25.8. The number of nitrogens with two attached hydrogens (primary N) is 1. The second-order valence-electron chi connectivity index (χ2n) is 8.99. The first-order chi connectivity index (χ1) is 16.0. The third kappa shape index (κ3) is 10.1. The van der Waals surface area contributed by atoms with Crippen molar-refractivity contribution in [1.29, 1.82) is 0 Å². The smallest absolute Gasteiger partial charge is 0.326 e. The molecule has 0 aliphatic carbocycles. The number of imidazole rings is 1. The molecule has 0 fully saturated rings. The quantitative estimate of drug-likeness (QED) is 0.199. The summed E-state index contributed by atoms with van der Waals surface area (Å²) < 4.78 is 0. The van der Waals surface area contributed by atoms with E-state index in [4.69, 9.17) is 5.73 Å². The van der Waals surface area contributed by atoms with Gasteiger partial charge in [-0.3, -0.25) is 14.4 Å². The number of carbonyl (C=O) groups excluding carboxylic acids is 3. The highest BCUT2D eigenvalue weighted by Gasteiger charge is 2.32. The van der Waals surface area contributed by atoms with E-state index in [1.54, 1.807) is 13.8 Å². The number of H-pyrrole nitrogens is 1. The molecule has 192 valence electrons. The van der Waals surface area contributed by atoms with E-state index >= 15 is 0 Å². The second-order valence-corrected chi connectivity index (χ2v) is 9.97.